The fourth-order valence-electron chi connectivity index (χ4n) is 1.63. The van der Waals surface area contributed by atoms with E-state index < -0.39 is 10.0 Å². The monoisotopic (exact) mass is 311 g/mol. The van der Waals surface area contributed by atoms with Gasteiger partial charge in [0.2, 0.25) is 10.0 Å². The van der Waals surface area contributed by atoms with Crippen molar-refractivity contribution in [2.75, 3.05) is 16.3 Å². The summed E-state index contributed by atoms with van der Waals surface area (Å²) in [4.78, 5) is 4.19. The summed E-state index contributed by atoms with van der Waals surface area (Å²) in [5.41, 5.74) is 1.97. The first kappa shape index (κ1) is 14.6. The summed E-state index contributed by atoms with van der Waals surface area (Å²) in [6.07, 6.45) is 2.81. The average Bonchev–Trinajstić information content (AvgIpc) is 2.39. The minimum atomic E-state index is -3.31. The van der Waals surface area contributed by atoms with Crippen LogP contribution in [0.1, 0.15) is 5.69 Å². The molecule has 0 saturated heterocycles. The lowest BCUT2D eigenvalue weighted by Crippen LogP contribution is -2.10. The molecule has 0 saturated carbocycles. The maximum atomic E-state index is 11.2. The molecule has 0 unspecified atom stereocenters. The van der Waals surface area contributed by atoms with Crippen molar-refractivity contribution in [1.29, 1.82) is 0 Å². The fraction of sp³-hybridized carbons (Fsp3) is 0.154. The maximum absolute atomic E-state index is 11.2. The minimum absolute atomic E-state index is 0.459. The molecule has 0 atom stereocenters. The number of pyridine rings is 1. The van der Waals surface area contributed by atoms with Crippen LogP contribution in [-0.2, 0) is 16.6 Å². The normalized spacial score (nSPS) is 11.1. The molecule has 5 nitrogen and oxygen atoms in total. The Bertz CT molecular complexity index is 690. The van der Waals surface area contributed by atoms with Crippen LogP contribution in [0.5, 0.6) is 0 Å². The van der Waals surface area contributed by atoms with Gasteiger partial charge in [-0.15, -0.1) is 0 Å². The molecule has 0 aliphatic rings. The molecule has 1 aromatic heterocycles. The summed E-state index contributed by atoms with van der Waals surface area (Å²) in [6.45, 7) is 0.503. The van der Waals surface area contributed by atoms with Gasteiger partial charge in [-0.3, -0.25) is 9.71 Å². The summed E-state index contributed by atoms with van der Waals surface area (Å²) in [7, 11) is -3.31. The van der Waals surface area contributed by atoms with Crippen LogP contribution in [0.2, 0.25) is 5.02 Å². The molecular weight excluding hydrogens is 298 g/mol. The van der Waals surface area contributed by atoms with Crippen LogP contribution in [0.15, 0.2) is 42.6 Å². The molecule has 0 amide bonds. The third-order valence-electron chi connectivity index (χ3n) is 2.46. The van der Waals surface area contributed by atoms with E-state index in [-0.39, 0.29) is 0 Å². The molecule has 2 rings (SSSR count). The number of rotatable bonds is 5. The van der Waals surface area contributed by atoms with Crippen molar-refractivity contribution >= 4 is 33.0 Å². The second kappa shape index (κ2) is 6.11. The van der Waals surface area contributed by atoms with Crippen molar-refractivity contribution in [3.63, 3.8) is 0 Å². The Morgan fingerprint density at radius 2 is 2.05 bits per heavy atom. The molecule has 1 heterocycles. The predicted octanol–water partition coefficient (Wildman–Crippen LogP) is 2.72. The SMILES string of the molecule is CS(=O)(=O)Nc1ccc(Cl)c(NCc2ccccn2)c1. The van der Waals surface area contributed by atoms with Gasteiger partial charge in [-0.25, -0.2) is 8.42 Å². The Labute approximate surface area is 123 Å². The smallest absolute Gasteiger partial charge is 0.229 e. The van der Waals surface area contributed by atoms with Crippen molar-refractivity contribution in [1.82, 2.24) is 4.98 Å². The zero-order chi connectivity index (χ0) is 14.6. The Hall–Kier alpha value is -1.79. The number of aromatic nitrogens is 1. The molecule has 0 fully saturated rings. The van der Waals surface area contributed by atoms with Gasteiger partial charge in [0, 0.05) is 6.20 Å². The van der Waals surface area contributed by atoms with Crippen LogP contribution in [0.25, 0.3) is 0 Å². The second-order valence-electron chi connectivity index (χ2n) is 4.24. The van der Waals surface area contributed by atoms with Crippen LogP contribution in [0, 0.1) is 0 Å². The van der Waals surface area contributed by atoms with E-state index in [0.29, 0.717) is 22.9 Å². The van der Waals surface area contributed by atoms with Gasteiger partial charge in [0.25, 0.3) is 0 Å². The summed E-state index contributed by atoms with van der Waals surface area (Å²) < 4.78 is 24.8. The highest BCUT2D eigenvalue weighted by Gasteiger charge is 2.06. The van der Waals surface area contributed by atoms with Crippen molar-refractivity contribution in [2.24, 2.45) is 0 Å². The van der Waals surface area contributed by atoms with Crippen molar-refractivity contribution in [2.45, 2.75) is 6.54 Å². The van der Waals surface area contributed by atoms with E-state index >= 15 is 0 Å². The largest absolute Gasteiger partial charge is 0.378 e. The molecule has 0 aliphatic carbocycles. The highest BCUT2D eigenvalue weighted by molar-refractivity contribution is 7.92. The second-order valence-corrected chi connectivity index (χ2v) is 6.40. The Morgan fingerprint density at radius 1 is 1.25 bits per heavy atom. The van der Waals surface area contributed by atoms with Crippen LogP contribution in [-0.4, -0.2) is 19.7 Å². The number of nitrogens with one attached hydrogen (secondary N) is 2. The molecule has 0 bridgehead atoms. The average molecular weight is 312 g/mol. The van der Waals surface area contributed by atoms with Crippen LogP contribution in [0.3, 0.4) is 0 Å². The van der Waals surface area contributed by atoms with E-state index in [9.17, 15) is 8.42 Å². The van der Waals surface area contributed by atoms with Gasteiger partial charge in [0.15, 0.2) is 0 Å². The van der Waals surface area contributed by atoms with E-state index in [1.807, 2.05) is 18.2 Å². The highest BCUT2D eigenvalue weighted by Crippen LogP contribution is 2.26. The molecule has 7 heteroatoms. The lowest BCUT2D eigenvalue weighted by atomic mass is 10.2. The van der Waals surface area contributed by atoms with Crippen molar-refractivity contribution in [3.05, 3.63) is 53.3 Å². The lowest BCUT2D eigenvalue weighted by Gasteiger charge is -2.11. The van der Waals surface area contributed by atoms with Gasteiger partial charge in [0.05, 0.1) is 34.9 Å². The molecule has 1 aromatic carbocycles. The van der Waals surface area contributed by atoms with Gasteiger partial charge in [-0.05, 0) is 30.3 Å². The van der Waals surface area contributed by atoms with Crippen LogP contribution in [0.4, 0.5) is 11.4 Å². The zero-order valence-electron chi connectivity index (χ0n) is 10.8. The van der Waals surface area contributed by atoms with Crippen LogP contribution < -0.4 is 10.0 Å². The third-order valence-corrected chi connectivity index (χ3v) is 3.39. The zero-order valence-corrected chi connectivity index (χ0v) is 12.4. The Balaban J connectivity index is 2.13. The fourth-order valence-corrected chi connectivity index (χ4v) is 2.37. The van der Waals surface area contributed by atoms with Gasteiger partial charge < -0.3 is 5.32 Å². The van der Waals surface area contributed by atoms with E-state index in [1.54, 1.807) is 24.4 Å². The van der Waals surface area contributed by atoms with Crippen LogP contribution >= 0.6 is 11.6 Å². The lowest BCUT2D eigenvalue weighted by molar-refractivity contribution is 0.607. The Morgan fingerprint density at radius 3 is 2.70 bits per heavy atom. The maximum Gasteiger partial charge on any atom is 0.229 e. The summed E-state index contributed by atoms with van der Waals surface area (Å²) in [5.74, 6) is 0. The quantitative estimate of drug-likeness (QED) is 0.890. The van der Waals surface area contributed by atoms with Crippen molar-refractivity contribution in [3.8, 4) is 0 Å². The highest BCUT2D eigenvalue weighted by atomic mass is 35.5. The topological polar surface area (TPSA) is 71.1 Å². The molecule has 0 aliphatic heterocycles. The number of halogens is 1. The summed E-state index contributed by atoms with van der Waals surface area (Å²) in [6, 6.07) is 10.5. The van der Waals surface area contributed by atoms with Gasteiger partial charge >= 0.3 is 0 Å². The first-order valence-corrected chi connectivity index (χ1v) is 8.12. The first-order valence-electron chi connectivity index (χ1n) is 5.85. The number of hydrogen-bond donors (Lipinski definition) is 2. The molecule has 106 valence electrons. The number of sulfonamides is 1. The minimum Gasteiger partial charge on any atom is -0.378 e. The van der Waals surface area contributed by atoms with Gasteiger partial charge in [-0.1, -0.05) is 17.7 Å². The molecule has 0 spiro atoms. The summed E-state index contributed by atoms with van der Waals surface area (Å²) in [5, 5.41) is 3.64. The van der Waals surface area contributed by atoms with Crippen molar-refractivity contribution < 1.29 is 8.42 Å². The first-order chi connectivity index (χ1) is 9.44. The number of hydrogen-bond acceptors (Lipinski definition) is 4. The summed E-state index contributed by atoms with van der Waals surface area (Å²) >= 11 is 6.07. The standard InChI is InChI=1S/C13H14ClN3O2S/c1-20(18,19)17-10-5-6-12(14)13(8-10)16-9-11-4-2-3-7-15-11/h2-8,16-17H,9H2,1H3. The Kier molecular flexibility index (Phi) is 4.46. The van der Waals surface area contributed by atoms with Gasteiger partial charge in [0.1, 0.15) is 0 Å². The molecule has 2 N–H and O–H groups in total. The third kappa shape index (κ3) is 4.40. The molecular formula is C13H14ClN3O2S. The van der Waals surface area contributed by atoms with E-state index in [0.717, 1.165) is 11.9 Å². The number of benzene rings is 1. The van der Waals surface area contributed by atoms with E-state index in [1.165, 1.54) is 0 Å². The number of nitrogens with zero attached hydrogens (tertiary/aromatic N) is 1. The molecule has 0 radical (unpaired) electrons. The molecule has 20 heavy (non-hydrogen) atoms. The number of anilines is 2. The predicted molar refractivity (Wildman–Crippen MR) is 81.5 cm³/mol. The molecule has 2 aromatic rings. The van der Waals surface area contributed by atoms with E-state index in [2.05, 4.69) is 15.0 Å². The van der Waals surface area contributed by atoms with E-state index in [4.69, 9.17) is 11.6 Å². The van der Waals surface area contributed by atoms with Gasteiger partial charge in [-0.2, -0.15) is 0 Å².